The van der Waals surface area contributed by atoms with Crippen molar-refractivity contribution < 1.29 is 14.3 Å². The fourth-order valence-corrected chi connectivity index (χ4v) is 4.24. The van der Waals surface area contributed by atoms with E-state index < -0.39 is 6.10 Å². The highest BCUT2D eigenvalue weighted by molar-refractivity contribution is 5.66. The van der Waals surface area contributed by atoms with Crippen molar-refractivity contribution in [2.45, 2.75) is 65.4 Å². The lowest BCUT2D eigenvalue weighted by Crippen LogP contribution is -2.22. The lowest BCUT2D eigenvalue weighted by Gasteiger charge is -2.30. The SMILES string of the molecule is CC1=C(c2nnc(C(C)O)o2)N2C=CC=C(OCC3CCCCC3)C2=CCC1C. The molecule has 2 unspecified atom stereocenters. The van der Waals surface area contributed by atoms with E-state index in [1.54, 1.807) is 6.92 Å². The molecule has 0 amide bonds. The zero-order chi connectivity index (χ0) is 20.4. The minimum atomic E-state index is -0.790. The fourth-order valence-electron chi connectivity index (χ4n) is 4.24. The fraction of sp³-hybridized carbons (Fsp3) is 0.565. The summed E-state index contributed by atoms with van der Waals surface area (Å²) in [6, 6.07) is 0. The summed E-state index contributed by atoms with van der Waals surface area (Å²) in [5, 5.41) is 18.0. The summed E-state index contributed by atoms with van der Waals surface area (Å²) >= 11 is 0. The van der Waals surface area contributed by atoms with Gasteiger partial charge in [0.15, 0.2) is 0 Å². The Labute approximate surface area is 172 Å². The van der Waals surface area contributed by atoms with Gasteiger partial charge >= 0.3 is 0 Å². The smallest absolute Gasteiger partial charge is 0.264 e. The van der Waals surface area contributed by atoms with Gasteiger partial charge in [0.25, 0.3) is 5.89 Å². The lowest BCUT2D eigenvalue weighted by molar-refractivity contribution is 0.141. The Kier molecular flexibility index (Phi) is 5.90. The molecule has 0 saturated heterocycles. The molecule has 3 aliphatic rings. The molecule has 1 saturated carbocycles. The second-order valence-electron chi connectivity index (χ2n) is 8.44. The van der Waals surface area contributed by atoms with Gasteiger partial charge in [0, 0.05) is 6.20 Å². The molecule has 6 nitrogen and oxygen atoms in total. The van der Waals surface area contributed by atoms with E-state index in [-0.39, 0.29) is 5.89 Å². The first-order valence-electron chi connectivity index (χ1n) is 10.8. The van der Waals surface area contributed by atoms with E-state index in [1.165, 1.54) is 37.7 Å². The van der Waals surface area contributed by atoms with Gasteiger partial charge in [-0.15, -0.1) is 10.2 Å². The van der Waals surface area contributed by atoms with Crippen molar-refractivity contribution in [3.63, 3.8) is 0 Å². The van der Waals surface area contributed by atoms with Crippen LogP contribution in [0.4, 0.5) is 0 Å². The minimum absolute atomic E-state index is 0.230. The van der Waals surface area contributed by atoms with Gasteiger partial charge in [-0.2, -0.15) is 0 Å². The Bertz CT molecular complexity index is 856. The number of ether oxygens (including phenoxy) is 1. The summed E-state index contributed by atoms with van der Waals surface area (Å²) in [5.41, 5.74) is 3.08. The van der Waals surface area contributed by atoms with Crippen LogP contribution in [0.5, 0.6) is 0 Å². The number of aliphatic hydroxyl groups is 1. The molecule has 4 rings (SSSR count). The number of hydrogen-bond donors (Lipinski definition) is 1. The molecule has 0 spiro atoms. The Morgan fingerprint density at radius 2 is 2.07 bits per heavy atom. The summed E-state index contributed by atoms with van der Waals surface area (Å²) in [5.74, 6) is 2.53. The van der Waals surface area contributed by atoms with Crippen LogP contribution in [0.2, 0.25) is 0 Å². The largest absolute Gasteiger partial charge is 0.491 e. The molecule has 2 atom stereocenters. The van der Waals surface area contributed by atoms with Gasteiger partial charge in [0.1, 0.15) is 17.6 Å². The Hall–Kier alpha value is -2.34. The van der Waals surface area contributed by atoms with E-state index in [0.717, 1.165) is 30.2 Å². The molecular weight excluding hydrogens is 366 g/mol. The number of nitrogens with zero attached hydrogens (tertiary/aromatic N) is 3. The van der Waals surface area contributed by atoms with Crippen molar-refractivity contribution in [2.75, 3.05) is 6.61 Å². The zero-order valence-corrected chi connectivity index (χ0v) is 17.6. The average Bonchev–Trinajstić information content (AvgIpc) is 3.17. The van der Waals surface area contributed by atoms with Gasteiger partial charge < -0.3 is 19.2 Å². The quantitative estimate of drug-likeness (QED) is 0.746. The summed E-state index contributed by atoms with van der Waals surface area (Å²) in [6.07, 6.45) is 14.9. The molecule has 6 heteroatoms. The van der Waals surface area contributed by atoms with E-state index in [2.05, 4.69) is 35.0 Å². The highest BCUT2D eigenvalue weighted by atomic mass is 16.5. The van der Waals surface area contributed by atoms with E-state index in [9.17, 15) is 5.11 Å². The van der Waals surface area contributed by atoms with Crippen molar-refractivity contribution in [1.82, 2.24) is 15.1 Å². The number of aromatic nitrogens is 2. The van der Waals surface area contributed by atoms with Crippen LogP contribution in [0, 0.1) is 11.8 Å². The monoisotopic (exact) mass is 397 g/mol. The van der Waals surface area contributed by atoms with Crippen LogP contribution < -0.4 is 0 Å². The van der Waals surface area contributed by atoms with E-state index >= 15 is 0 Å². The molecule has 2 aliphatic heterocycles. The molecule has 0 bridgehead atoms. The highest BCUT2D eigenvalue weighted by Gasteiger charge is 2.30. The van der Waals surface area contributed by atoms with Gasteiger partial charge in [-0.25, -0.2) is 0 Å². The normalized spacial score (nSPS) is 24.0. The third-order valence-electron chi connectivity index (χ3n) is 6.21. The van der Waals surface area contributed by atoms with Crippen molar-refractivity contribution in [2.24, 2.45) is 11.8 Å². The van der Waals surface area contributed by atoms with Crippen LogP contribution in [0.1, 0.15) is 77.2 Å². The van der Waals surface area contributed by atoms with Crippen LogP contribution >= 0.6 is 0 Å². The van der Waals surface area contributed by atoms with Gasteiger partial charge in [-0.05, 0) is 62.7 Å². The molecular formula is C23H31N3O3. The molecule has 0 aromatic carbocycles. The summed E-state index contributed by atoms with van der Waals surface area (Å²) in [7, 11) is 0. The van der Waals surface area contributed by atoms with Gasteiger partial charge in [0.2, 0.25) is 5.89 Å². The average molecular weight is 398 g/mol. The second-order valence-corrected chi connectivity index (χ2v) is 8.44. The first-order valence-corrected chi connectivity index (χ1v) is 10.8. The number of rotatable bonds is 5. The van der Waals surface area contributed by atoms with Gasteiger partial charge in [0.05, 0.1) is 12.3 Å². The molecule has 29 heavy (non-hydrogen) atoms. The van der Waals surface area contributed by atoms with Gasteiger partial charge in [-0.3, -0.25) is 0 Å². The highest BCUT2D eigenvalue weighted by Crippen LogP contribution is 2.39. The van der Waals surface area contributed by atoms with Crippen LogP contribution in [0.25, 0.3) is 5.70 Å². The summed E-state index contributed by atoms with van der Waals surface area (Å²) in [4.78, 5) is 2.09. The van der Waals surface area contributed by atoms with Crippen molar-refractivity contribution in [3.05, 3.63) is 53.2 Å². The summed E-state index contributed by atoms with van der Waals surface area (Å²) < 4.78 is 12.1. The third kappa shape index (κ3) is 4.17. The number of hydrogen-bond acceptors (Lipinski definition) is 6. The van der Waals surface area contributed by atoms with Gasteiger partial charge in [-0.1, -0.05) is 32.3 Å². The Morgan fingerprint density at radius 1 is 1.28 bits per heavy atom. The first-order chi connectivity index (χ1) is 14.0. The predicted molar refractivity (Wildman–Crippen MR) is 111 cm³/mol. The number of allylic oxidation sites excluding steroid dienone is 4. The predicted octanol–water partition coefficient (Wildman–Crippen LogP) is 5.09. The van der Waals surface area contributed by atoms with Crippen molar-refractivity contribution in [1.29, 1.82) is 0 Å². The zero-order valence-electron chi connectivity index (χ0n) is 17.6. The Morgan fingerprint density at radius 3 is 2.79 bits per heavy atom. The van der Waals surface area contributed by atoms with Crippen LogP contribution in [0.15, 0.2) is 45.9 Å². The molecule has 3 heterocycles. The first kappa shape index (κ1) is 20.0. The molecule has 156 valence electrons. The van der Waals surface area contributed by atoms with Crippen LogP contribution in [0.3, 0.4) is 0 Å². The molecule has 1 aromatic rings. The van der Waals surface area contributed by atoms with E-state index in [1.807, 2.05) is 18.4 Å². The molecule has 1 aliphatic carbocycles. The molecule has 0 radical (unpaired) electrons. The number of fused-ring (bicyclic) bond motifs is 1. The van der Waals surface area contributed by atoms with Crippen LogP contribution in [-0.4, -0.2) is 26.8 Å². The second kappa shape index (κ2) is 8.57. The maximum absolute atomic E-state index is 9.80. The van der Waals surface area contributed by atoms with E-state index in [4.69, 9.17) is 9.15 Å². The number of aliphatic hydroxyl groups excluding tert-OH is 1. The lowest BCUT2D eigenvalue weighted by atomic mass is 9.90. The molecule has 1 aromatic heterocycles. The topological polar surface area (TPSA) is 71.6 Å². The molecule has 1 fully saturated rings. The third-order valence-corrected chi connectivity index (χ3v) is 6.21. The standard InChI is InChI=1S/C23H31N3O3/c1-15-11-12-19-20(28-14-18-8-5-4-6-9-18)10-7-13-26(19)21(16(15)2)23-25-24-22(29-23)17(3)27/h7,10,12-13,15,17-18,27H,4-6,8-9,11,14H2,1-3H3. The minimum Gasteiger partial charge on any atom is -0.491 e. The van der Waals surface area contributed by atoms with Crippen molar-refractivity contribution >= 4 is 5.70 Å². The maximum Gasteiger partial charge on any atom is 0.264 e. The van der Waals surface area contributed by atoms with Crippen LogP contribution in [-0.2, 0) is 4.74 Å². The molecule has 1 N–H and O–H groups in total. The maximum atomic E-state index is 9.80. The summed E-state index contributed by atoms with van der Waals surface area (Å²) in [6.45, 7) is 6.70. The Balaban J connectivity index is 1.60. The van der Waals surface area contributed by atoms with E-state index in [0.29, 0.717) is 17.7 Å². The van der Waals surface area contributed by atoms with Crippen molar-refractivity contribution in [3.8, 4) is 0 Å².